The van der Waals surface area contributed by atoms with Crippen molar-refractivity contribution >= 4 is 5.69 Å². The molecule has 1 heterocycles. The summed E-state index contributed by atoms with van der Waals surface area (Å²) in [5.41, 5.74) is 6.48. The maximum atomic E-state index is 13.0. The number of benzene rings is 2. The van der Waals surface area contributed by atoms with E-state index < -0.39 is 0 Å². The predicted octanol–water partition coefficient (Wildman–Crippen LogP) is 4.19. The molecular weight excluding hydrogens is 237 g/mol. The van der Waals surface area contributed by atoms with Crippen LogP contribution in [-0.4, -0.2) is 6.54 Å². The first-order chi connectivity index (χ1) is 9.13. The smallest absolute Gasteiger partial charge is 0.123 e. The fourth-order valence-corrected chi connectivity index (χ4v) is 3.00. The van der Waals surface area contributed by atoms with E-state index in [2.05, 4.69) is 31.3 Å². The van der Waals surface area contributed by atoms with Crippen LogP contribution in [0.3, 0.4) is 0 Å². The number of hydrogen-bond donors (Lipinski definition) is 1. The lowest BCUT2D eigenvalue weighted by Gasteiger charge is -2.28. The Labute approximate surface area is 113 Å². The molecule has 2 aromatic carbocycles. The summed E-state index contributed by atoms with van der Waals surface area (Å²) in [7, 11) is 0. The van der Waals surface area contributed by atoms with Gasteiger partial charge in [-0.25, -0.2) is 4.39 Å². The number of nitrogens with one attached hydrogen (secondary N) is 1. The van der Waals surface area contributed by atoms with Gasteiger partial charge in [0.2, 0.25) is 0 Å². The van der Waals surface area contributed by atoms with Crippen LogP contribution < -0.4 is 5.32 Å². The van der Waals surface area contributed by atoms with Gasteiger partial charge in [-0.1, -0.05) is 29.8 Å². The summed E-state index contributed by atoms with van der Waals surface area (Å²) in [6, 6.07) is 11.4. The number of hydrogen-bond acceptors (Lipinski definition) is 1. The Hall–Kier alpha value is -1.83. The van der Waals surface area contributed by atoms with Gasteiger partial charge in [-0.05, 0) is 49.1 Å². The van der Waals surface area contributed by atoms with Crippen molar-refractivity contribution in [1.29, 1.82) is 0 Å². The molecular formula is C17H18FN. The Morgan fingerprint density at radius 1 is 1.11 bits per heavy atom. The number of halogens is 1. The molecule has 1 nitrogen and oxygen atoms in total. The zero-order valence-electron chi connectivity index (χ0n) is 11.3. The van der Waals surface area contributed by atoms with Crippen molar-refractivity contribution in [2.24, 2.45) is 0 Å². The molecule has 19 heavy (non-hydrogen) atoms. The third-order valence-corrected chi connectivity index (χ3v) is 3.89. The van der Waals surface area contributed by atoms with Gasteiger partial charge in [-0.15, -0.1) is 0 Å². The maximum absolute atomic E-state index is 13.0. The molecule has 2 heteroatoms. The summed E-state index contributed by atoms with van der Waals surface area (Å²) in [6.45, 7) is 5.20. The fourth-order valence-electron chi connectivity index (χ4n) is 3.00. The first-order valence-electron chi connectivity index (χ1n) is 6.73. The van der Waals surface area contributed by atoms with Gasteiger partial charge >= 0.3 is 0 Å². The molecule has 0 saturated heterocycles. The fraction of sp³-hybridized carbons (Fsp3) is 0.294. The number of aryl methyl sites for hydroxylation is 2. The summed E-state index contributed by atoms with van der Waals surface area (Å²) < 4.78 is 13.0. The van der Waals surface area contributed by atoms with Crippen LogP contribution in [0.2, 0.25) is 0 Å². The highest BCUT2D eigenvalue weighted by Crippen LogP contribution is 2.33. The Kier molecular flexibility index (Phi) is 3.02. The molecule has 98 valence electrons. The quantitative estimate of drug-likeness (QED) is 0.805. The monoisotopic (exact) mass is 255 g/mol. The third-order valence-electron chi connectivity index (χ3n) is 3.89. The van der Waals surface area contributed by atoms with Crippen LogP contribution in [-0.2, 0) is 6.42 Å². The topological polar surface area (TPSA) is 12.0 Å². The van der Waals surface area contributed by atoms with E-state index in [4.69, 9.17) is 0 Å². The van der Waals surface area contributed by atoms with Crippen molar-refractivity contribution < 1.29 is 4.39 Å². The Balaban J connectivity index is 1.91. The Bertz CT molecular complexity index is 601. The zero-order chi connectivity index (χ0) is 13.4. The van der Waals surface area contributed by atoms with Crippen molar-refractivity contribution in [3.05, 3.63) is 64.5 Å². The highest BCUT2D eigenvalue weighted by Gasteiger charge is 2.21. The second kappa shape index (κ2) is 4.69. The van der Waals surface area contributed by atoms with Gasteiger partial charge in [-0.3, -0.25) is 0 Å². The van der Waals surface area contributed by atoms with E-state index in [9.17, 15) is 4.39 Å². The molecule has 3 rings (SSSR count). The lowest BCUT2D eigenvalue weighted by molar-refractivity contribution is 0.623. The number of anilines is 1. The number of rotatable bonds is 1. The van der Waals surface area contributed by atoms with Gasteiger partial charge in [0.15, 0.2) is 0 Å². The maximum Gasteiger partial charge on any atom is 0.123 e. The molecule has 0 aliphatic carbocycles. The Morgan fingerprint density at radius 2 is 1.84 bits per heavy atom. The van der Waals surface area contributed by atoms with Crippen LogP contribution in [0.15, 0.2) is 36.4 Å². The minimum atomic E-state index is -0.167. The average molecular weight is 255 g/mol. The largest absolute Gasteiger partial charge is 0.384 e. The molecule has 0 fully saturated rings. The van der Waals surface area contributed by atoms with Crippen LogP contribution in [0.5, 0.6) is 0 Å². The molecule has 1 N–H and O–H groups in total. The van der Waals surface area contributed by atoms with E-state index in [1.54, 1.807) is 12.1 Å². The molecule has 1 aliphatic rings. The molecule has 0 saturated carbocycles. The molecule has 1 atom stereocenters. The van der Waals surface area contributed by atoms with Crippen LogP contribution >= 0.6 is 0 Å². The van der Waals surface area contributed by atoms with Crippen molar-refractivity contribution in [3.8, 4) is 0 Å². The lowest BCUT2D eigenvalue weighted by atomic mass is 9.86. The van der Waals surface area contributed by atoms with E-state index in [1.165, 1.54) is 27.9 Å². The summed E-state index contributed by atoms with van der Waals surface area (Å²) >= 11 is 0. The summed E-state index contributed by atoms with van der Waals surface area (Å²) in [4.78, 5) is 0. The predicted molar refractivity (Wildman–Crippen MR) is 77.3 cm³/mol. The van der Waals surface area contributed by atoms with Crippen LogP contribution in [0.4, 0.5) is 10.1 Å². The van der Waals surface area contributed by atoms with Gasteiger partial charge in [0, 0.05) is 18.2 Å². The molecule has 0 radical (unpaired) electrons. The van der Waals surface area contributed by atoms with Gasteiger partial charge in [0.05, 0.1) is 0 Å². The van der Waals surface area contributed by atoms with Crippen LogP contribution in [0.25, 0.3) is 0 Å². The molecule has 0 amide bonds. The molecule has 2 aromatic rings. The van der Waals surface area contributed by atoms with Gasteiger partial charge in [0.1, 0.15) is 5.82 Å². The highest BCUT2D eigenvalue weighted by molar-refractivity contribution is 5.61. The molecule has 1 aliphatic heterocycles. The molecule has 0 aromatic heterocycles. The van der Waals surface area contributed by atoms with E-state index in [0.29, 0.717) is 5.92 Å². The summed E-state index contributed by atoms with van der Waals surface area (Å²) in [6.07, 6.45) is 1.02. The first-order valence-corrected chi connectivity index (χ1v) is 6.73. The van der Waals surface area contributed by atoms with E-state index in [1.807, 2.05) is 12.1 Å². The SMILES string of the molecule is Cc1cc(C)c2c(c1)CC(c1ccc(F)cc1)CN2. The van der Waals surface area contributed by atoms with Crippen LogP contribution in [0.1, 0.15) is 28.2 Å². The van der Waals surface area contributed by atoms with E-state index in [-0.39, 0.29) is 5.82 Å². The van der Waals surface area contributed by atoms with Crippen molar-refractivity contribution in [3.63, 3.8) is 0 Å². The van der Waals surface area contributed by atoms with Crippen LogP contribution in [0, 0.1) is 19.7 Å². The summed E-state index contributed by atoms with van der Waals surface area (Å²) in [5.74, 6) is 0.258. The Morgan fingerprint density at radius 3 is 2.58 bits per heavy atom. The van der Waals surface area contributed by atoms with Crippen molar-refractivity contribution in [2.45, 2.75) is 26.2 Å². The van der Waals surface area contributed by atoms with Crippen molar-refractivity contribution in [2.75, 3.05) is 11.9 Å². The summed E-state index contributed by atoms with van der Waals surface area (Å²) in [5, 5.41) is 3.53. The van der Waals surface area contributed by atoms with Gasteiger partial charge in [0.25, 0.3) is 0 Å². The minimum Gasteiger partial charge on any atom is -0.384 e. The minimum absolute atomic E-state index is 0.167. The highest BCUT2D eigenvalue weighted by atomic mass is 19.1. The lowest BCUT2D eigenvalue weighted by Crippen LogP contribution is -2.22. The second-order valence-corrected chi connectivity index (χ2v) is 5.45. The molecule has 0 spiro atoms. The second-order valence-electron chi connectivity index (χ2n) is 5.45. The number of fused-ring (bicyclic) bond motifs is 1. The average Bonchev–Trinajstić information content (AvgIpc) is 2.38. The first kappa shape index (κ1) is 12.2. The van der Waals surface area contributed by atoms with E-state index >= 15 is 0 Å². The van der Waals surface area contributed by atoms with Gasteiger partial charge in [-0.2, -0.15) is 0 Å². The third kappa shape index (κ3) is 2.35. The van der Waals surface area contributed by atoms with E-state index in [0.717, 1.165) is 13.0 Å². The normalized spacial score (nSPS) is 17.7. The molecule has 0 bridgehead atoms. The zero-order valence-corrected chi connectivity index (χ0v) is 11.3. The van der Waals surface area contributed by atoms with Gasteiger partial charge < -0.3 is 5.32 Å². The van der Waals surface area contributed by atoms with Crippen molar-refractivity contribution in [1.82, 2.24) is 0 Å². The molecule has 1 unspecified atom stereocenters. The standard InChI is InChI=1S/C17H18FN/c1-11-7-12(2)17-14(8-11)9-15(10-19-17)13-3-5-16(18)6-4-13/h3-8,15,19H,9-10H2,1-2H3.